The molecule has 23 heavy (non-hydrogen) atoms. The van der Waals surface area contributed by atoms with Crippen molar-refractivity contribution in [1.29, 1.82) is 0 Å². The van der Waals surface area contributed by atoms with Gasteiger partial charge in [-0.05, 0) is 65.4 Å². The average molecular weight is 444 g/mol. The van der Waals surface area contributed by atoms with E-state index in [1.807, 2.05) is 35.6 Å². The van der Waals surface area contributed by atoms with E-state index in [1.165, 1.54) is 4.90 Å². The van der Waals surface area contributed by atoms with Gasteiger partial charge in [0.1, 0.15) is 5.82 Å². The fourth-order valence-electron chi connectivity index (χ4n) is 1.94. The number of hydrogen-bond donors (Lipinski definition) is 1. The van der Waals surface area contributed by atoms with Crippen molar-refractivity contribution >= 4 is 51.8 Å². The molecule has 0 atom stereocenters. The van der Waals surface area contributed by atoms with E-state index in [4.69, 9.17) is 11.6 Å². The maximum absolute atomic E-state index is 12.4. The second kappa shape index (κ2) is 7.74. The highest BCUT2D eigenvalue weighted by atomic mass is 127. The molecule has 0 unspecified atom stereocenters. The monoisotopic (exact) mass is 443 g/mol. The highest BCUT2D eigenvalue weighted by Crippen LogP contribution is 2.19. The normalized spacial score (nSPS) is 10.3. The Hall–Kier alpha value is -1.67. The maximum atomic E-state index is 12.4. The fraction of sp³-hybridized carbons (Fsp3) is 0.188. The number of nitrogens with zero attached hydrogens (tertiary/aromatic N) is 2. The highest BCUT2D eigenvalue weighted by molar-refractivity contribution is 14.1. The molecule has 0 aliphatic rings. The maximum Gasteiger partial charge on any atom is 0.255 e. The first-order valence-corrected chi connectivity index (χ1v) is 8.25. The Morgan fingerprint density at radius 3 is 2.70 bits per heavy atom. The molecular weight excluding hydrogens is 429 g/mol. The molecule has 0 aliphatic heterocycles. The average Bonchev–Trinajstić information content (AvgIpc) is 2.46. The number of carbonyl (C=O) groups excluding carboxylic acids is 2. The van der Waals surface area contributed by atoms with Crippen LogP contribution in [-0.4, -0.2) is 35.3 Å². The second-order valence-corrected chi connectivity index (χ2v) is 6.65. The number of aryl methyl sites for hydroxylation is 1. The number of halogens is 2. The first-order chi connectivity index (χ1) is 10.9. The van der Waals surface area contributed by atoms with Gasteiger partial charge in [0, 0.05) is 21.8 Å². The molecule has 0 spiro atoms. The van der Waals surface area contributed by atoms with Crippen molar-refractivity contribution in [2.24, 2.45) is 0 Å². The SMILES string of the molecule is Cc1ccnc(NC(=O)CN(C)C(=O)c2ccc(Cl)cc2I)c1. The Morgan fingerprint density at radius 2 is 2.04 bits per heavy atom. The molecule has 0 bridgehead atoms. The van der Waals surface area contributed by atoms with Gasteiger partial charge in [0.2, 0.25) is 5.91 Å². The van der Waals surface area contributed by atoms with Crippen molar-refractivity contribution in [3.8, 4) is 0 Å². The molecule has 0 saturated heterocycles. The molecule has 1 aromatic heterocycles. The van der Waals surface area contributed by atoms with Crippen molar-refractivity contribution in [2.45, 2.75) is 6.92 Å². The molecular formula is C16H15ClIN3O2. The zero-order chi connectivity index (χ0) is 17.0. The van der Waals surface area contributed by atoms with Crippen LogP contribution in [0.5, 0.6) is 0 Å². The molecule has 0 fully saturated rings. The minimum Gasteiger partial charge on any atom is -0.332 e. The molecule has 2 amide bonds. The number of carbonyl (C=O) groups is 2. The lowest BCUT2D eigenvalue weighted by Gasteiger charge is -2.17. The molecule has 2 aromatic rings. The van der Waals surface area contributed by atoms with E-state index in [1.54, 1.807) is 37.5 Å². The summed E-state index contributed by atoms with van der Waals surface area (Å²) >= 11 is 7.94. The van der Waals surface area contributed by atoms with Crippen LogP contribution in [0.25, 0.3) is 0 Å². The molecule has 7 heteroatoms. The Morgan fingerprint density at radius 1 is 1.30 bits per heavy atom. The van der Waals surface area contributed by atoms with E-state index in [9.17, 15) is 9.59 Å². The van der Waals surface area contributed by atoms with Crippen molar-refractivity contribution < 1.29 is 9.59 Å². The molecule has 5 nitrogen and oxygen atoms in total. The van der Waals surface area contributed by atoms with Crippen LogP contribution in [-0.2, 0) is 4.79 Å². The van der Waals surface area contributed by atoms with Gasteiger partial charge in [0.25, 0.3) is 5.91 Å². The largest absolute Gasteiger partial charge is 0.332 e. The van der Waals surface area contributed by atoms with Crippen molar-refractivity contribution in [2.75, 3.05) is 18.9 Å². The molecule has 0 aliphatic carbocycles. The Bertz CT molecular complexity index is 752. The van der Waals surface area contributed by atoms with Crippen molar-refractivity contribution in [1.82, 2.24) is 9.88 Å². The first-order valence-electron chi connectivity index (χ1n) is 6.80. The van der Waals surface area contributed by atoms with Crippen molar-refractivity contribution in [3.05, 3.63) is 56.2 Å². The Balaban J connectivity index is 2.01. The van der Waals surface area contributed by atoms with Gasteiger partial charge in [-0.3, -0.25) is 9.59 Å². The van der Waals surface area contributed by atoms with Gasteiger partial charge in [-0.25, -0.2) is 4.98 Å². The molecule has 1 heterocycles. The second-order valence-electron chi connectivity index (χ2n) is 5.05. The molecule has 1 N–H and O–H groups in total. The molecule has 1 aromatic carbocycles. The van der Waals surface area contributed by atoms with Crippen LogP contribution in [0.1, 0.15) is 15.9 Å². The summed E-state index contributed by atoms with van der Waals surface area (Å²) in [4.78, 5) is 29.9. The van der Waals surface area contributed by atoms with Crippen LogP contribution in [0.15, 0.2) is 36.5 Å². The summed E-state index contributed by atoms with van der Waals surface area (Å²) in [6.45, 7) is 1.85. The van der Waals surface area contributed by atoms with Crippen molar-refractivity contribution in [3.63, 3.8) is 0 Å². The third-order valence-corrected chi connectivity index (χ3v) is 4.20. The van der Waals surface area contributed by atoms with Crippen LogP contribution in [0.2, 0.25) is 5.02 Å². The number of aromatic nitrogens is 1. The highest BCUT2D eigenvalue weighted by Gasteiger charge is 2.17. The predicted octanol–water partition coefficient (Wildman–Crippen LogP) is 3.36. The van der Waals surface area contributed by atoms with Gasteiger partial charge < -0.3 is 10.2 Å². The van der Waals surface area contributed by atoms with Gasteiger partial charge in [-0.1, -0.05) is 11.6 Å². The Kier molecular flexibility index (Phi) is 5.95. The summed E-state index contributed by atoms with van der Waals surface area (Å²) < 4.78 is 0.743. The summed E-state index contributed by atoms with van der Waals surface area (Å²) in [5, 5.41) is 3.24. The van der Waals surface area contributed by atoms with E-state index in [-0.39, 0.29) is 18.4 Å². The van der Waals surface area contributed by atoms with Crippen LogP contribution in [0, 0.1) is 10.5 Å². The number of pyridine rings is 1. The van der Waals surface area contributed by atoms with Gasteiger partial charge in [-0.15, -0.1) is 0 Å². The standard InChI is InChI=1S/C16H15ClIN3O2/c1-10-5-6-19-14(7-10)20-15(22)9-21(2)16(23)12-4-3-11(17)8-13(12)18/h3-8H,9H2,1-2H3,(H,19,20,22). The van der Waals surface area contributed by atoms with E-state index in [0.717, 1.165) is 9.13 Å². The number of hydrogen-bond acceptors (Lipinski definition) is 3. The molecule has 2 rings (SSSR count). The summed E-state index contributed by atoms with van der Waals surface area (Å²) in [6, 6.07) is 8.63. The lowest BCUT2D eigenvalue weighted by molar-refractivity contribution is -0.116. The van der Waals surface area contributed by atoms with Gasteiger partial charge in [0.05, 0.1) is 12.1 Å². The minimum absolute atomic E-state index is 0.0623. The van der Waals surface area contributed by atoms with Crippen LogP contribution < -0.4 is 5.32 Å². The predicted molar refractivity (Wildman–Crippen MR) is 98.7 cm³/mol. The number of nitrogens with one attached hydrogen (secondary N) is 1. The van der Waals surface area contributed by atoms with Gasteiger partial charge in [0.15, 0.2) is 0 Å². The number of rotatable bonds is 4. The quantitative estimate of drug-likeness (QED) is 0.737. The first kappa shape index (κ1) is 17.7. The smallest absolute Gasteiger partial charge is 0.255 e. The fourth-order valence-corrected chi connectivity index (χ4v) is 3.04. The number of benzene rings is 1. The van der Waals surface area contributed by atoms with Crippen LogP contribution in [0.4, 0.5) is 5.82 Å². The van der Waals surface area contributed by atoms with E-state index < -0.39 is 0 Å². The molecule has 0 saturated carbocycles. The van der Waals surface area contributed by atoms with Gasteiger partial charge >= 0.3 is 0 Å². The zero-order valence-electron chi connectivity index (χ0n) is 12.6. The number of likely N-dealkylation sites (N-methyl/N-ethyl adjacent to an activating group) is 1. The summed E-state index contributed by atoms with van der Waals surface area (Å²) in [5.74, 6) is -0.0711. The topological polar surface area (TPSA) is 62.3 Å². The zero-order valence-corrected chi connectivity index (χ0v) is 15.6. The van der Waals surface area contributed by atoms with E-state index in [0.29, 0.717) is 16.4 Å². The van der Waals surface area contributed by atoms with Crippen LogP contribution >= 0.6 is 34.2 Å². The minimum atomic E-state index is -0.303. The summed E-state index contributed by atoms with van der Waals surface area (Å²) in [6.07, 6.45) is 1.62. The van der Waals surface area contributed by atoms with E-state index >= 15 is 0 Å². The third-order valence-electron chi connectivity index (χ3n) is 3.07. The molecule has 120 valence electrons. The van der Waals surface area contributed by atoms with E-state index in [2.05, 4.69) is 10.3 Å². The van der Waals surface area contributed by atoms with Crippen LogP contribution in [0.3, 0.4) is 0 Å². The number of anilines is 1. The lowest BCUT2D eigenvalue weighted by atomic mass is 10.2. The van der Waals surface area contributed by atoms with Gasteiger partial charge in [-0.2, -0.15) is 0 Å². The lowest BCUT2D eigenvalue weighted by Crippen LogP contribution is -2.35. The summed E-state index contributed by atoms with van der Waals surface area (Å²) in [5.41, 5.74) is 1.51. The third kappa shape index (κ3) is 4.90. The number of amides is 2. The molecule has 0 radical (unpaired) electrons. The summed E-state index contributed by atoms with van der Waals surface area (Å²) in [7, 11) is 1.58. The Labute approximate surface area is 153 Å².